The summed E-state index contributed by atoms with van der Waals surface area (Å²) < 4.78 is 6.76. The van der Waals surface area contributed by atoms with Gasteiger partial charge in [-0.05, 0) is 57.8 Å². The lowest BCUT2D eigenvalue weighted by atomic mass is 9.93. The molecule has 0 amide bonds. The van der Waals surface area contributed by atoms with Crippen LogP contribution < -0.4 is 4.90 Å². The second-order valence-electron chi connectivity index (χ2n) is 11.7. The van der Waals surface area contributed by atoms with Crippen LogP contribution in [-0.4, -0.2) is 0 Å². The smallest absolute Gasteiger partial charge is 0.143 e. The van der Waals surface area contributed by atoms with E-state index in [9.17, 15) is 0 Å². The highest BCUT2D eigenvalue weighted by atomic mass is 16.3. The number of rotatable bonds is 5. The average Bonchev–Trinajstić information content (AvgIpc) is 3.52. The summed E-state index contributed by atoms with van der Waals surface area (Å²) >= 11 is 0. The summed E-state index contributed by atoms with van der Waals surface area (Å²) in [6.45, 7) is 0. The van der Waals surface area contributed by atoms with Crippen LogP contribution in [0.15, 0.2) is 180 Å². The minimum atomic E-state index is 0.888. The predicted octanol–water partition coefficient (Wildman–Crippen LogP) is 12.7. The summed E-state index contributed by atoms with van der Waals surface area (Å²) in [5, 5.41) is 6.91. The predicted molar refractivity (Wildman–Crippen MR) is 194 cm³/mol. The summed E-state index contributed by atoms with van der Waals surface area (Å²) in [7, 11) is 0. The fourth-order valence-corrected chi connectivity index (χ4v) is 7.01. The van der Waals surface area contributed by atoms with Crippen LogP contribution in [-0.2, 0) is 0 Å². The van der Waals surface area contributed by atoms with Crippen LogP contribution >= 0.6 is 0 Å². The first-order valence-electron chi connectivity index (χ1n) is 15.7. The van der Waals surface area contributed by atoms with Crippen molar-refractivity contribution < 1.29 is 4.42 Å². The van der Waals surface area contributed by atoms with Gasteiger partial charge in [0.1, 0.15) is 11.2 Å². The molecule has 0 unspecified atom stereocenters. The van der Waals surface area contributed by atoms with Crippen molar-refractivity contribution in [1.82, 2.24) is 0 Å². The van der Waals surface area contributed by atoms with Crippen LogP contribution in [0.4, 0.5) is 17.1 Å². The summed E-state index contributed by atoms with van der Waals surface area (Å²) in [6, 6.07) is 62.6. The number of anilines is 3. The molecule has 9 aromatic rings. The van der Waals surface area contributed by atoms with E-state index < -0.39 is 0 Å². The molecule has 216 valence electrons. The van der Waals surface area contributed by atoms with Crippen molar-refractivity contribution >= 4 is 60.5 Å². The Morgan fingerprint density at radius 2 is 1.00 bits per heavy atom. The molecule has 0 fully saturated rings. The Labute approximate surface area is 267 Å². The zero-order valence-corrected chi connectivity index (χ0v) is 25.1. The van der Waals surface area contributed by atoms with Crippen molar-refractivity contribution in [2.45, 2.75) is 0 Å². The van der Waals surface area contributed by atoms with Crippen molar-refractivity contribution in [3.63, 3.8) is 0 Å². The third kappa shape index (κ3) is 4.19. The fraction of sp³-hybridized carbons (Fsp3) is 0. The van der Waals surface area contributed by atoms with Crippen LogP contribution in [0.3, 0.4) is 0 Å². The largest absolute Gasteiger partial charge is 0.455 e. The second-order valence-corrected chi connectivity index (χ2v) is 11.7. The number of hydrogen-bond acceptors (Lipinski definition) is 2. The minimum absolute atomic E-state index is 0.888. The SMILES string of the molecule is c1ccc(-c2ccccc2N(c2ccccc2)c2cc3c(oc4cccc(-c5cccc6ccccc56)c43)c3ccccc23)cc1. The Morgan fingerprint density at radius 1 is 0.391 bits per heavy atom. The Balaban J connectivity index is 1.40. The van der Waals surface area contributed by atoms with Gasteiger partial charge in [-0.2, -0.15) is 0 Å². The Hall–Kier alpha value is -6.12. The lowest BCUT2D eigenvalue weighted by molar-refractivity contribution is 0.673. The lowest BCUT2D eigenvalue weighted by Gasteiger charge is -2.29. The van der Waals surface area contributed by atoms with E-state index in [0.717, 1.165) is 49.8 Å². The number of nitrogens with zero attached hydrogens (tertiary/aromatic N) is 1. The summed E-state index contributed by atoms with van der Waals surface area (Å²) in [5.74, 6) is 0. The Morgan fingerprint density at radius 3 is 1.85 bits per heavy atom. The number of hydrogen-bond donors (Lipinski definition) is 0. The normalized spacial score (nSPS) is 11.5. The standard InChI is InChI=1S/C44H29NO/c1-3-15-31(16-4-1)34-22-11-12-27-40(34)45(32-19-5-2-6-20-32)41-29-39-43-37(35-25-13-18-30-17-7-8-21-33(30)35)26-14-28-42(43)46-44(39)38-24-10-9-23-36(38)41/h1-29H. The van der Waals surface area contributed by atoms with Crippen LogP contribution in [0, 0.1) is 0 Å². The maximum Gasteiger partial charge on any atom is 0.143 e. The molecule has 9 rings (SSSR count). The maximum absolute atomic E-state index is 6.76. The van der Waals surface area contributed by atoms with E-state index in [2.05, 4.69) is 181 Å². The highest BCUT2D eigenvalue weighted by Gasteiger charge is 2.23. The van der Waals surface area contributed by atoms with Crippen LogP contribution in [0.1, 0.15) is 0 Å². The van der Waals surface area contributed by atoms with E-state index in [0.29, 0.717) is 0 Å². The summed E-state index contributed by atoms with van der Waals surface area (Å²) in [6.07, 6.45) is 0. The molecule has 0 aliphatic heterocycles. The average molecular weight is 588 g/mol. The Kier molecular flexibility index (Phi) is 6.17. The zero-order chi connectivity index (χ0) is 30.5. The number of benzene rings is 8. The molecule has 0 radical (unpaired) electrons. The third-order valence-corrected chi connectivity index (χ3v) is 9.05. The van der Waals surface area contributed by atoms with E-state index in [1.165, 1.54) is 33.0 Å². The summed E-state index contributed by atoms with van der Waals surface area (Å²) in [5.41, 5.74) is 9.84. The quantitative estimate of drug-likeness (QED) is 0.199. The van der Waals surface area contributed by atoms with Gasteiger partial charge in [-0.1, -0.05) is 146 Å². The first kappa shape index (κ1) is 26.3. The van der Waals surface area contributed by atoms with Crippen LogP contribution in [0.2, 0.25) is 0 Å². The minimum Gasteiger partial charge on any atom is -0.455 e. The Bertz CT molecular complexity index is 2520. The molecule has 2 heteroatoms. The van der Waals surface area contributed by atoms with Gasteiger partial charge >= 0.3 is 0 Å². The highest BCUT2D eigenvalue weighted by molar-refractivity contribution is 6.23. The van der Waals surface area contributed by atoms with Gasteiger partial charge in [0.2, 0.25) is 0 Å². The molecule has 0 N–H and O–H groups in total. The molecular weight excluding hydrogens is 558 g/mol. The number of para-hydroxylation sites is 2. The van der Waals surface area contributed by atoms with E-state index in [4.69, 9.17) is 4.42 Å². The van der Waals surface area contributed by atoms with Gasteiger partial charge in [-0.15, -0.1) is 0 Å². The molecule has 0 bridgehead atoms. The van der Waals surface area contributed by atoms with Crippen molar-refractivity contribution in [3.8, 4) is 22.3 Å². The molecule has 0 aliphatic carbocycles. The molecule has 1 aromatic heterocycles. The van der Waals surface area contributed by atoms with Crippen molar-refractivity contribution in [3.05, 3.63) is 176 Å². The molecule has 0 saturated heterocycles. The second kappa shape index (κ2) is 10.8. The van der Waals surface area contributed by atoms with Gasteiger partial charge in [-0.3, -0.25) is 0 Å². The molecule has 0 aliphatic rings. The van der Waals surface area contributed by atoms with E-state index in [1.807, 2.05) is 0 Å². The van der Waals surface area contributed by atoms with Crippen molar-refractivity contribution in [2.75, 3.05) is 4.90 Å². The first-order valence-corrected chi connectivity index (χ1v) is 15.7. The van der Waals surface area contributed by atoms with E-state index in [-0.39, 0.29) is 0 Å². The van der Waals surface area contributed by atoms with E-state index in [1.54, 1.807) is 0 Å². The van der Waals surface area contributed by atoms with Crippen molar-refractivity contribution in [2.24, 2.45) is 0 Å². The van der Waals surface area contributed by atoms with Crippen molar-refractivity contribution in [1.29, 1.82) is 0 Å². The van der Waals surface area contributed by atoms with Gasteiger partial charge in [-0.25, -0.2) is 0 Å². The van der Waals surface area contributed by atoms with Gasteiger partial charge in [0.25, 0.3) is 0 Å². The molecular formula is C44H29NO. The third-order valence-electron chi connectivity index (χ3n) is 9.05. The molecule has 0 atom stereocenters. The first-order chi connectivity index (χ1) is 22.8. The molecule has 0 saturated carbocycles. The number of fused-ring (bicyclic) bond motifs is 6. The topological polar surface area (TPSA) is 16.4 Å². The fourth-order valence-electron chi connectivity index (χ4n) is 7.01. The molecule has 1 heterocycles. The van der Waals surface area contributed by atoms with Gasteiger partial charge in [0.15, 0.2) is 0 Å². The monoisotopic (exact) mass is 587 g/mol. The van der Waals surface area contributed by atoms with Crippen LogP contribution in [0.25, 0.3) is 65.7 Å². The summed E-state index contributed by atoms with van der Waals surface area (Å²) in [4.78, 5) is 2.41. The van der Waals surface area contributed by atoms with Gasteiger partial charge < -0.3 is 9.32 Å². The molecule has 8 aromatic carbocycles. The molecule has 46 heavy (non-hydrogen) atoms. The van der Waals surface area contributed by atoms with E-state index >= 15 is 0 Å². The highest BCUT2D eigenvalue weighted by Crippen LogP contribution is 2.48. The maximum atomic E-state index is 6.76. The lowest BCUT2D eigenvalue weighted by Crippen LogP contribution is -2.11. The zero-order valence-electron chi connectivity index (χ0n) is 25.1. The van der Waals surface area contributed by atoms with Crippen LogP contribution in [0.5, 0.6) is 0 Å². The molecule has 0 spiro atoms. The number of furan rings is 1. The molecule has 2 nitrogen and oxygen atoms in total. The van der Waals surface area contributed by atoms with Gasteiger partial charge in [0, 0.05) is 32.8 Å². The van der Waals surface area contributed by atoms with Gasteiger partial charge in [0.05, 0.1) is 11.4 Å².